The molecule has 0 aliphatic carbocycles. The van der Waals surface area contributed by atoms with E-state index in [0.717, 1.165) is 6.42 Å². The van der Waals surface area contributed by atoms with Crippen molar-refractivity contribution < 1.29 is 14.0 Å². The summed E-state index contributed by atoms with van der Waals surface area (Å²) in [5.41, 5.74) is 6.32. The molecule has 0 atom stereocenters. The van der Waals surface area contributed by atoms with Crippen molar-refractivity contribution in [1.82, 2.24) is 10.9 Å². The van der Waals surface area contributed by atoms with Crippen LogP contribution < -0.4 is 10.9 Å². The highest BCUT2D eigenvalue weighted by molar-refractivity contribution is 5.97. The van der Waals surface area contributed by atoms with Crippen LogP contribution in [-0.2, 0) is 6.42 Å². The lowest BCUT2D eigenvalue weighted by Gasteiger charge is -2.08. The molecule has 0 radical (unpaired) electrons. The largest absolute Gasteiger partial charge is 0.459 e. The zero-order valence-electron chi connectivity index (χ0n) is 12.1. The molecule has 1 aromatic heterocycles. The van der Waals surface area contributed by atoms with Crippen molar-refractivity contribution in [2.45, 2.75) is 20.3 Å². The number of amides is 2. The summed E-state index contributed by atoms with van der Waals surface area (Å²) in [6.45, 7) is 4.29. The van der Waals surface area contributed by atoms with Crippen molar-refractivity contribution >= 4 is 11.8 Å². The topological polar surface area (TPSA) is 71.3 Å². The van der Waals surface area contributed by atoms with Gasteiger partial charge in [-0.25, -0.2) is 0 Å². The number of hydrazine groups is 1. The molecule has 0 bridgehead atoms. The molecule has 5 nitrogen and oxygen atoms in total. The quantitative estimate of drug-likeness (QED) is 0.848. The van der Waals surface area contributed by atoms with E-state index in [9.17, 15) is 9.59 Å². The number of rotatable bonds is 4. The Morgan fingerprint density at radius 1 is 1.05 bits per heavy atom. The van der Waals surface area contributed by atoms with Crippen molar-refractivity contribution in [2.24, 2.45) is 5.92 Å². The molecule has 2 N–H and O–H groups in total. The second-order valence-corrected chi connectivity index (χ2v) is 5.18. The molecule has 0 aliphatic rings. The molecule has 0 spiro atoms. The van der Waals surface area contributed by atoms with Crippen LogP contribution in [0.5, 0.6) is 0 Å². The number of nitrogens with one attached hydrogen (secondary N) is 2. The molecule has 2 aromatic rings. The van der Waals surface area contributed by atoms with Crippen LogP contribution in [0.3, 0.4) is 0 Å². The van der Waals surface area contributed by atoms with E-state index in [0.29, 0.717) is 11.5 Å². The number of carbonyl (C=O) groups is 2. The maximum absolute atomic E-state index is 11.9. The molecule has 0 saturated carbocycles. The molecule has 5 heteroatoms. The summed E-state index contributed by atoms with van der Waals surface area (Å²) in [5.74, 6) is -0.157. The predicted octanol–water partition coefficient (Wildman–Crippen LogP) is 2.55. The van der Waals surface area contributed by atoms with Gasteiger partial charge in [-0.3, -0.25) is 20.4 Å². The molecule has 0 unspecified atom stereocenters. The zero-order chi connectivity index (χ0) is 15.2. The molecule has 2 rings (SSSR count). The fraction of sp³-hybridized carbons (Fsp3) is 0.250. The third kappa shape index (κ3) is 4.21. The highest BCUT2D eigenvalue weighted by Crippen LogP contribution is 2.09. The van der Waals surface area contributed by atoms with E-state index < -0.39 is 5.91 Å². The van der Waals surface area contributed by atoms with Crippen LogP contribution >= 0.6 is 0 Å². The lowest BCUT2D eigenvalue weighted by molar-refractivity contribution is 0.0831. The normalized spacial score (nSPS) is 10.4. The lowest BCUT2D eigenvalue weighted by Crippen LogP contribution is -2.41. The molecule has 0 saturated heterocycles. The van der Waals surface area contributed by atoms with Crippen LogP contribution in [0.25, 0.3) is 0 Å². The number of hydrogen-bond donors (Lipinski definition) is 2. The Labute approximate surface area is 123 Å². The van der Waals surface area contributed by atoms with Gasteiger partial charge >= 0.3 is 5.91 Å². The van der Waals surface area contributed by atoms with Crippen molar-refractivity contribution in [1.29, 1.82) is 0 Å². The van der Waals surface area contributed by atoms with Gasteiger partial charge in [0, 0.05) is 5.56 Å². The summed E-state index contributed by atoms with van der Waals surface area (Å²) in [5, 5.41) is 0. The Bertz CT molecular complexity index is 601. The summed E-state index contributed by atoms with van der Waals surface area (Å²) >= 11 is 0. The van der Waals surface area contributed by atoms with Gasteiger partial charge in [0.1, 0.15) is 0 Å². The summed E-state index contributed by atoms with van der Waals surface area (Å²) in [7, 11) is 0. The van der Waals surface area contributed by atoms with Crippen molar-refractivity contribution in [3.05, 3.63) is 59.5 Å². The molecule has 1 heterocycles. The average Bonchev–Trinajstić information content (AvgIpc) is 2.99. The van der Waals surface area contributed by atoms with Gasteiger partial charge in [0.25, 0.3) is 5.91 Å². The summed E-state index contributed by atoms with van der Waals surface area (Å²) in [6, 6.07) is 10.4. The minimum absolute atomic E-state index is 0.141. The molecule has 21 heavy (non-hydrogen) atoms. The van der Waals surface area contributed by atoms with Crippen LogP contribution in [-0.4, -0.2) is 11.8 Å². The first-order chi connectivity index (χ1) is 10.1. The summed E-state index contributed by atoms with van der Waals surface area (Å²) < 4.78 is 4.92. The van der Waals surface area contributed by atoms with E-state index in [2.05, 4.69) is 24.7 Å². The van der Waals surface area contributed by atoms with E-state index in [4.69, 9.17) is 4.42 Å². The van der Waals surface area contributed by atoms with Gasteiger partial charge in [0.2, 0.25) is 0 Å². The average molecular weight is 286 g/mol. The highest BCUT2D eigenvalue weighted by Gasteiger charge is 2.10. The predicted molar refractivity (Wildman–Crippen MR) is 78.6 cm³/mol. The van der Waals surface area contributed by atoms with Gasteiger partial charge in [0.15, 0.2) is 5.76 Å². The molecule has 1 aromatic carbocycles. The van der Waals surface area contributed by atoms with E-state index in [1.54, 1.807) is 18.2 Å². The second kappa shape index (κ2) is 6.74. The lowest BCUT2D eigenvalue weighted by atomic mass is 10.0. The standard InChI is InChI=1S/C16H18N2O3/c1-11(2)10-12-5-7-13(8-6-12)15(19)17-18-16(20)14-4-3-9-21-14/h3-9,11H,10H2,1-2H3,(H,17,19)(H,18,20). The first-order valence-electron chi connectivity index (χ1n) is 6.79. The second-order valence-electron chi connectivity index (χ2n) is 5.18. The van der Waals surface area contributed by atoms with Gasteiger partial charge in [-0.05, 0) is 42.2 Å². The fourth-order valence-electron chi connectivity index (χ4n) is 1.92. The Morgan fingerprint density at radius 3 is 2.29 bits per heavy atom. The minimum Gasteiger partial charge on any atom is -0.459 e. The first-order valence-corrected chi connectivity index (χ1v) is 6.79. The Kier molecular flexibility index (Phi) is 4.77. The molecular weight excluding hydrogens is 268 g/mol. The Hall–Kier alpha value is -2.56. The van der Waals surface area contributed by atoms with Crippen LogP contribution in [0.2, 0.25) is 0 Å². The number of carbonyl (C=O) groups excluding carboxylic acids is 2. The molecule has 0 aliphatic heterocycles. The monoisotopic (exact) mass is 286 g/mol. The number of hydrogen-bond acceptors (Lipinski definition) is 3. The minimum atomic E-state index is -0.496. The number of benzene rings is 1. The van der Waals surface area contributed by atoms with E-state index in [1.807, 2.05) is 12.1 Å². The van der Waals surface area contributed by atoms with Gasteiger partial charge < -0.3 is 4.42 Å². The van der Waals surface area contributed by atoms with Crippen LogP contribution in [0.15, 0.2) is 47.1 Å². The Balaban J connectivity index is 1.90. The molecule has 110 valence electrons. The third-order valence-corrected chi connectivity index (χ3v) is 2.89. The van der Waals surface area contributed by atoms with Gasteiger partial charge in [-0.15, -0.1) is 0 Å². The molecular formula is C16H18N2O3. The van der Waals surface area contributed by atoms with E-state index in [-0.39, 0.29) is 11.7 Å². The maximum atomic E-state index is 11.9. The van der Waals surface area contributed by atoms with Crippen LogP contribution in [0.4, 0.5) is 0 Å². The van der Waals surface area contributed by atoms with Crippen molar-refractivity contribution in [2.75, 3.05) is 0 Å². The van der Waals surface area contributed by atoms with Crippen molar-refractivity contribution in [3.63, 3.8) is 0 Å². The summed E-state index contributed by atoms with van der Waals surface area (Å²) in [6.07, 6.45) is 2.36. The van der Waals surface area contributed by atoms with Crippen LogP contribution in [0.1, 0.15) is 40.3 Å². The molecule has 0 fully saturated rings. The first kappa shape index (κ1) is 14.8. The third-order valence-electron chi connectivity index (χ3n) is 2.89. The summed E-state index contributed by atoms with van der Waals surface area (Å²) in [4.78, 5) is 23.5. The zero-order valence-corrected chi connectivity index (χ0v) is 12.1. The van der Waals surface area contributed by atoms with Gasteiger partial charge in [0.05, 0.1) is 6.26 Å². The maximum Gasteiger partial charge on any atom is 0.305 e. The van der Waals surface area contributed by atoms with Gasteiger partial charge in [-0.1, -0.05) is 26.0 Å². The van der Waals surface area contributed by atoms with E-state index >= 15 is 0 Å². The molecule has 2 amide bonds. The highest BCUT2D eigenvalue weighted by atomic mass is 16.3. The van der Waals surface area contributed by atoms with Crippen molar-refractivity contribution in [3.8, 4) is 0 Å². The SMILES string of the molecule is CC(C)Cc1ccc(C(=O)NNC(=O)c2ccco2)cc1. The Morgan fingerprint density at radius 2 is 1.71 bits per heavy atom. The van der Waals surface area contributed by atoms with Gasteiger partial charge in [-0.2, -0.15) is 0 Å². The fourth-order valence-corrected chi connectivity index (χ4v) is 1.92. The van der Waals surface area contributed by atoms with Crippen LogP contribution in [0, 0.1) is 5.92 Å². The van der Waals surface area contributed by atoms with E-state index in [1.165, 1.54) is 17.9 Å². The smallest absolute Gasteiger partial charge is 0.305 e. The number of furan rings is 1.